The number of aromatic nitrogens is 3. The summed E-state index contributed by atoms with van der Waals surface area (Å²) in [6, 6.07) is 11.5. The molecule has 0 spiro atoms. The summed E-state index contributed by atoms with van der Waals surface area (Å²) in [5.41, 5.74) is 5.53. The molecule has 5 rings (SSSR count). The van der Waals surface area contributed by atoms with Crippen LogP contribution in [0.25, 0.3) is 11.6 Å². The Labute approximate surface area is 204 Å². The molecular weight excluding hydrogens is 448 g/mol. The number of anilines is 1. The third-order valence-electron chi connectivity index (χ3n) is 6.57. The van der Waals surface area contributed by atoms with Crippen LogP contribution in [-0.4, -0.2) is 51.6 Å². The number of carbonyl (C=O) groups is 1. The van der Waals surface area contributed by atoms with E-state index in [0.29, 0.717) is 18.1 Å². The number of carbonyl (C=O) groups excluding carboxylic acids is 1. The van der Waals surface area contributed by atoms with Gasteiger partial charge in [-0.25, -0.2) is 14.8 Å². The van der Waals surface area contributed by atoms with E-state index in [2.05, 4.69) is 38.2 Å². The number of benzene rings is 1. The molecule has 2 atom stereocenters. The Morgan fingerprint density at radius 2 is 1.88 bits per heavy atom. The molecule has 0 saturated carbocycles. The highest BCUT2D eigenvalue weighted by molar-refractivity contribution is 6.30. The van der Waals surface area contributed by atoms with E-state index in [1.54, 1.807) is 6.33 Å². The van der Waals surface area contributed by atoms with Gasteiger partial charge in [0.05, 0.1) is 11.7 Å². The summed E-state index contributed by atoms with van der Waals surface area (Å²) in [4.78, 5) is 30.5. The van der Waals surface area contributed by atoms with Crippen molar-refractivity contribution in [2.75, 3.05) is 24.5 Å². The second kappa shape index (κ2) is 9.43. The molecule has 1 aliphatic heterocycles. The minimum absolute atomic E-state index is 0.0434. The number of amides is 2. The average molecular weight is 475 g/mol. The zero-order chi connectivity index (χ0) is 23.7. The lowest BCUT2D eigenvalue weighted by molar-refractivity contribution is 0.168. The number of halogens is 1. The Hall–Kier alpha value is -3.45. The monoisotopic (exact) mass is 474 g/mol. The first-order valence-electron chi connectivity index (χ1n) is 11.5. The Balaban J connectivity index is 1.27. The zero-order valence-electron chi connectivity index (χ0n) is 19.3. The van der Waals surface area contributed by atoms with Crippen LogP contribution in [0.1, 0.15) is 42.3 Å². The molecule has 2 amide bonds. The number of nitrogens with one attached hydrogen (secondary N) is 1. The molecule has 3 heterocycles. The van der Waals surface area contributed by atoms with E-state index in [1.165, 1.54) is 5.57 Å². The quantitative estimate of drug-likeness (QED) is 0.598. The normalized spacial score (nSPS) is 18.3. The van der Waals surface area contributed by atoms with Crippen LogP contribution in [0.3, 0.4) is 0 Å². The highest BCUT2D eigenvalue weighted by Gasteiger charge is 2.31. The van der Waals surface area contributed by atoms with Crippen LogP contribution >= 0.6 is 11.6 Å². The molecule has 7 nitrogen and oxygen atoms in total. The molecule has 1 aromatic carbocycles. The summed E-state index contributed by atoms with van der Waals surface area (Å²) < 4.78 is 0. The molecule has 0 radical (unpaired) electrons. The summed E-state index contributed by atoms with van der Waals surface area (Å²) in [6.07, 6.45) is 8.25. The molecular formula is C26H27ClN6O. The van der Waals surface area contributed by atoms with Crippen molar-refractivity contribution in [1.82, 2.24) is 25.2 Å². The van der Waals surface area contributed by atoms with Crippen molar-refractivity contribution in [1.29, 1.82) is 0 Å². The summed E-state index contributed by atoms with van der Waals surface area (Å²) >= 11 is 5.99. The summed E-state index contributed by atoms with van der Waals surface area (Å²) in [5, 5.41) is 3.81. The minimum Gasteiger partial charge on any atom is -0.352 e. The highest BCUT2D eigenvalue weighted by Crippen LogP contribution is 2.35. The number of allylic oxidation sites excluding steroid dienone is 1. The standard InChI is InChI=1S/C26H27ClN6O/c1-17-15-32(11-12-33(17)26(34)31-18(2)19-3-5-22(27)6-4-19)25-23-13-21(14-24(23)29-16-30-25)20-7-9-28-10-8-20/h3-10,13,16-18H,11-12,14-15H2,1-2H3,(H,31,34)/t17-,18+/m1/s1. The first kappa shape index (κ1) is 22.3. The predicted molar refractivity (Wildman–Crippen MR) is 135 cm³/mol. The van der Waals surface area contributed by atoms with Gasteiger partial charge in [0.15, 0.2) is 0 Å². The number of nitrogens with zero attached hydrogens (tertiary/aromatic N) is 5. The van der Waals surface area contributed by atoms with Crippen LogP contribution in [0.15, 0.2) is 55.1 Å². The van der Waals surface area contributed by atoms with Gasteiger partial charge >= 0.3 is 6.03 Å². The topological polar surface area (TPSA) is 74.2 Å². The van der Waals surface area contributed by atoms with Crippen molar-refractivity contribution < 1.29 is 4.79 Å². The smallest absolute Gasteiger partial charge is 0.318 e. The van der Waals surface area contributed by atoms with Crippen molar-refractivity contribution in [3.8, 4) is 0 Å². The fraction of sp³-hybridized carbons (Fsp3) is 0.308. The summed E-state index contributed by atoms with van der Waals surface area (Å²) in [5.74, 6) is 0.940. The second-order valence-corrected chi connectivity index (χ2v) is 9.29. The van der Waals surface area contributed by atoms with Gasteiger partial charge in [0, 0.05) is 55.1 Å². The molecule has 8 heteroatoms. The van der Waals surface area contributed by atoms with E-state index >= 15 is 0 Å². The number of pyridine rings is 1. The zero-order valence-corrected chi connectivity index (χ0v) is 20.0. The lowest BCUT2D eigenvalue weighted by atomic mass is 10.1. The van der Waals surface area contributed by atoms with Crippen LogP contribution in [0.5, 0.6) is 0 Å². The van der Waals surface area contributed by atoms with Gasteiger partial charge in [0.25, 0.3) is 0 Å². The fourth-order valence-electron chi connectivity index (χ4n) is 4.67. The van der Waals surface area contributed by atoms with Crippen LogP contribution in [0.4, 0.5) is 10.6 Å². The van der Waals surface area contributed by atoms with Gasteiger partial charge in [-0.2, -0.15) is 0 Å². The van der Waals surface area contributed by atoms with Gasteiger partial charge < -0.3 is 15.1 Å². The van der Waals surface area contributed by atoms with Gasteiger partial charge in [-0.05, 0) is 60.9 Å². The Morgan fingerprint density at radius 1 is 1.12 bits per heavy atom. The van der Waals surface area contributed by atoms with Gasteiger partial charge in [-0.15, -0.1) is 0 Å². The summed E-state index contributed by atoms with van der Waals surface area (Å²) in [7, 11) is 0. The van der Waals surface area contributed by atoms with E-state index in [4.69, 9.17) is 11.6 Å². The predicted octanol–water partition coefficient (Wildman–Crippen LogP) is 4.60. The molecule has 1 aliphatic carbocycles. The van der Waals surface area contributed by atoms with Crippen LogP contribution in [-0.2, 0) is 6.42 Å². The number of fused-ring (bicyclic) bond motifs is 1. The van der Waals surface area contributed by atoms with Crippen molar-refractivity contribution in [2.24, 2.45) is 0 Å². The Bertz CT molecular complexity index is 1210. The number of rotatable bonds is 4. The third kappa shape index (κ3) is 4.48. The van der Waals surface area contributed by atoms with Crippen molar-refractivity contribution in [3.05, 3.63) is 82.5 Å². The van der Waals surface area contributed by atoms with Crippen molar-refractivity contribution in [2.45, 2.75) is 32.4 Å². The molecule has 2 aromatic heterocycles. The first-order valence-corrected chi connectivity index (χ1v) is 11.9. The third-order valence-corrected chi connectivity index (χ3v) is 6.82. The molecule has 3 aromatic rings. The van der Waals surface area contributed by atoms with E-state index < -0.39 is 0 Å². The largest absolute Gasteiger partial charge is 0.352 e. The maximum absolute atomic E-state index is 13.0. The van der Waals surface area contributed by atoms with Gasteiger partial charge in [-0.3, -0.25) is 4.98 Å². The van der Waals surface area contributed by atoms with E-state index in [1.807, 2.05) is 60.6 Å². The SMILES string of the molecule is C[C@H](NC(=O)N1CCN(c2ncnc3c2C=C(c2ccncc2)C3)C[C@H]1C)c1ccc(Cl)cc1. The maximum Gasteiger partial charge on any atom is 0.318 e. The molecule has 34 heavy (non-hydrogen) atoms. The first-order chi connectivity index (χ1) is 16.5. The number of hydrogen-bond donors (Lipinski definition) is 1. The molecule has 0 bridgehead atoms. The van der Waals surface area contributed by atoms with Crippen LogP contribution < -0.4 is 10.2 Å². The molecule has 174 valence electrons. The minimum atomic E-state index is -0.100. The average Bonchev–Trinajstić information content (AvgIpc) is 3.29. The molecule has 1 fully saturated rings. The molecule has 1 saturated heterocycles. The van der Waals surface area contributed by atoms with Gasteiger partial charge in [0.1, 0.15) is 12.1 Å². The van der Waals surface area contributed by atoms with Crippen LogP contribution in [0, 0.1) is 0 Å². The van der Waals surface area contributed by atoms with Gasteiger partial charge in [-0.1, -0.05) is 23.7 Å². The maximum atomic E-state index is 13.0. The van der Waals surface area contributed by atoms with E-state index in [-0.39, 0.29) is 18.1 Å². The Kier molecular flexibility index (Phi) is 6.20. The van der Waals surface area contributed by atoms with Crippen molar-refractivity contribution >= 4 is 35.1 Å². The molecule has 2 aliphatic rings. The second-order valence-electron chi connectivity index (χ2n) is 8.85. The molecule has 0 unspecified atom stereocenters. The van der Waals surface area contributed by atoms with E-state index in [9.17, 15) is 4.79 Å². The number of urea groups is 1. The van der Waals surface area contributed by atoms with E-state index in [0.717, 1.165) is 41.2 Å². The van der Waals surface area contributed by atoms with Crippen LogP contribution in [0.2, 0.25) is 5.02 Å². The number of hydrogen-bond acceptors (Lipinski definition) is 5. The van der Waals surface area contributed by atoms with Gasteiger partial charge in [0.2, 0.25) is 0 Å². The molecule has 1 N–H and O–H groups in total. The fourth-order valence-corrected chi connectivity index (χ4v) is 4.80. The number of piperazine rings is 1. The highest BCUT2D eigenvalue weighted by atomic mass is 35.5. The Morgan fingerprint density at radius 3 is 2.62 bits per heavy atom. The lowest BCUT2D eigenvalue weighted by Crippen LogP contribution is -2.57. The lowest BCUT2D eigenvalue weighted by Gasteiger charge is -2.41. The van der Waals surface area contributed by atoms with Crippen molar-refractivity contribution in [3.63, 3.8) is 0 Å². The summed E-state index contributed by atoms with van der Waals surface area (Å²) in [6.45, 7) is 6.12.